The molecule has 150 valence electrons. The highest BCUT2D eigenvalue weighted by atomic mass is 32.2. The Morgan fingerprint density at radius 2 is 1.79 bits per heavy atom. The van der Waals surface area contributed by atoms with Crippen molar-refractivity contribution in [1.29, 1.82) is 0 Å². The van der Waals surface area contributed by atoms with E-state index < -0.39 is 29.7 Å². The van der Waals surface area contributed by atoms with Crippen LogP contribution in [0, 0.1) is 12.8 Å². The molecule has 5 nitrogen and oxygen atoms in total. The Morgan fingerprint density at radius 3 is 2.39 bits per heavy atom. The molecule has 0 radical (unpaired) electrons. The summed E-state index contributed by atoms with van der Waals surface area (Å²) in [5.41, 5.74) is 0.724. The third-order valence-electron chi connectivity index (χ3n) is 6.02. The lowest BCUT2D eigenvalue weighted by Gasteiger charge is -2.42. The number of carbonyl (C=O) groups excluding carboxylic acids is 1. The van der Waals surface area contributed by atoms with Crippen LogP contribution in [0.1, 0.15) is 25.3 Å². The lowest BCUT2D eigenvalue weighted by Crippen LogP contribution is -2.55. The van der Waals surface area contributed by atoms with E-state index in [1.807, 2.05) is 19.9 Å². The third kappa shape index (κ3) is 2.59. The predicted octanol–water partition coefficient (Wildman–Crippen LogP) is 3.78. The Kier molecular flexibility index (Phi) is 4.30. The summed E-state index contributed by atoms with van der Waals surface area (Å²) < 4.78 is 35.0. The van der Waals surface area contributed by atoms with E-state index in [1.165, 1.54) is 4.31 Å². The molecule has 0 N–H and O–H groups in total. The van der Waals surface area contributed by atoms with Crippen molar-refractivity contribution in [2.75, 3.05) is 6.54 Å². The van der Waals surface area contributed by atoms with Crippen LogP contribution in [0.3, 0.4) is 0 Å². The number of hydrogen-bond acceptors (Lipinski definition) is 4. The monoisotopic (exact) mass is 417 g/mol. The molecule has 0 amide bonds. The van der Waals surface area contributed by atoms with E-state index in [9.17, 15) is 13.2 Å². The van der Waals surface area contributed by atoms with E-state index in [1.54, 1.807) is 24.3 Å². The van der Waals surface area contributed by atoms with Crippen molar-refractivity contribution in [3.63, 3.8) is 0 Å². The van der Waals surface area contributed by atoms with Gasteiger partial charge < -0.3 is 4.74 Å². The fraction of sp³-hybridized carbons (Fsp3) is 0.476. The van der Waals surface area contributed by atoms with Crippen molar-refractivity contribution < 1.29 is 17.9 Å². The van der Waals surface area contributed by atoms with Crippen molar-refractivity contribution in [3.05, 3.63) is 52.4 Å². The van der Waals surface area contributed by atoms with Crippen LogP contribution in [0.5, 0.6) is 0 Å². The SMILES string of the molecule is CC1=CC[C@@H]2C(=O)C([Si](C)(C)C)=C3CCN(S(=O)(=O)c4ccc(C)cc4)[C@]32O1. The van der Waals surface area contributed by atoms with Gasteiger partial charge in [0.15, 0.2) is 5.78 Å². The highest BCUT2D eigenvalue weighted by Crippen LogP contribution is 2.56. The summed E-state index contributed by atoms with van der Waals surface area (Å²) >= 11 is 0. The molecule has 3 aliphatic rings. The molecule has 1 aromatic rings. The zero-order chi connectivity index (χ0) is 20.5. The number of sulfonamides is 1. The molecule has 2 atom stereocenters. The van der Waals surface area contributed by atoms with Gasteiger partial charge in [-0.05, 0) is 55.7 Å². The van der Waals surface area contributed by atoms with Crippen molar-refractivity contribution in [1.82, 2.24) is 4.31 Å². The highest BCUT2D eigenvalue weighted by molar-refractivity contribution is 7.89. The molecule has 0 bridgehead atoms. The number of aryl methyl sites for hydroxylation is 1. The normalized spacial score (nSPS) is 28.1. The van der Waals surface area contributed by atoms with Gasteiger partial charge in [-0.25, -0.2) is 8.42 Å². The molecule has 28 heavy (non-hydrogen) atoms. The van der Waals surface area contributed by atoms with Gasteiger partial charge in [0.05, 0.1) is 24.6 Å². The second-order valence-electron chi connectivity index (χ2n) is 9.01. The van der Waals surface area contributed by atoms with Crippen LogP contribution in [-0.2, 0) is 19.6 Å². The van der Waals surface area contributed by atoms with Gasteiger partial charge >= 0.3 is 0 Å². The van der Waals surface area contributed by atoms with E-state index in [4.69, 9.17) is 4.74 Å². The van der Waals surface area contributed by atoms with Crippen molar-refractivity contribution in [2.24, 2.45) is 5.92 Å². The lowest BCUT2D eigenvalue weighted by molar-refractivity contribution is -0.133. The summed E-state index contributed by atoms with van der Waals surface area (Å²) in [5, 5.41) is 0.877. The number of benzene rings is 1. The number of allylic oxidation sites excluding steroid dienone is 3. The average molecular weight is 418 g/mol. The van der Waals surface area contributed by atoms with Crippen LogP contribution in [0.4, 0.5) is 0 Å². The number of Topliss-reactive ketones (excluding diaryl/α,β-unsaturated/α-hetero) is 1. The van der Waals surface area contributed by atoms with Crippen molar-refractivity contribution >= 4 is 23.9 Å². The van der Waals surface area contributed by atoms with Gasteiger partial charge in [0.25, 0.3) is 0 Å². The molecule has 7 heteroatoms. The lowest BCUT2D eigenvalue weighted by atomic mass is 9.89. The van der Waals surface area contributed by atoms with Gasteiger partial charge in [-0.15, -0.1) is 0 Å². The zero-order valence-corrected chi connectivity index (χ0v) is 18.9. The number of ether oxygens (including phenoxy) is 1. The highest BCUT2D eigenvalue weighted by Gasteiger charge is 2.66. The maximum Gasteiger partial charge on any atom is 0.246 e. The molecule has 1 aliphatic carbocycles. The van der Waals surface area contributed by atoms with Gasteiger partial charge in [0, 0.05) is 6.54 Å². The molecule has 0 aromatic heterocycles. The molecule has 0 unspecified atom stereocenters. The second kappa shape index (κ2) is 6.15. The Bertz CT molecular complexity index is 1020. The number of nitrogens with zero attached hydrogens (tertiary/aromatic N) is 1. The topological polar surface area (TPSA) is 63.7 Å². The molecule has 1 aromatic carbocycles. The smallest absolute Gasteiger partial charge is 0.246 e. The molecule has 2 aliphatic heterocycles. The van der Waals surface area contributed by atoms with Gasteiger partial charge in [0.1, 0.15) is 0 Å². The molecular formula is C21H27NO4SSi. The van der Waals surface area contributed by atoms with Crippen LogP contribution >= 0.6 is 0 Å². The number of rotatable bonds is 3. The summed E-state index contributed by atoms with van der Waals surface area (Å²) in [6.07, 6.45) is 2.98. The first-order chi connectivity index (χ1) is 13.0. The van der Waals surface area contributed by atoms with E-state index in [0.29, 0.717) is 25.1 Å². The molecule has 0 saturated carbocycles. The Morgan fingerprint density at radius 1 is 1.14 bits per heavy atom. The minimum Gasteiger partial charge on any atom is -0.472 e. The Balaban J connectivity index is 1.92. The quantitative estimate of drug-likeness (QED) is 0.702. The Labute approximate surface area is 168 Å². The summed E-state index contributed by atoms with van der Waals surface area (Å²) in [7, 11) is -5.75. The van der Waals surface area contributed by atoms with Crippen molar-refractivity contribution in [2.45, 2.75) is 57.0 Å². The van der Waals surface area contributed by atoms with E-state index in [0.717, 1.165) is 16.3 Å². The molecule has 1 saturated heterocycles. The first-order valence-corrected chi connectivity index (χ1v) is 14.7. The average Bonchev–Trinajstić information content (AvgIpc) is 3.04. The summed E-state index contributed by atoms with van der Waals surface area (Å²) in [6, 6.07) is 6.88. The molecule has 2 heterocycles. The standard InChI is InChI=1S/C21H27NO4SSi/c1-14-6-9-16(10-7-14)27(24,25)22-13-12-18-20(28(3,4)5)19(23)17-11-8-15(2)26-21(17,18)22/h6-10,17H,11-13H2,1-5H3/t17-,21-/m1/s1. The fourth-order valence-electron chi connectivity index (χ4n) is 4.88. The van der Waals surface area contributed by atoms with Crippen LogP contribution in [0.25, 0.3) is 0 Å². The van der Waals surface area contributed by atoms with E-state index in [2.05, 4.69) is 19.6 Å². The Hall–Kier alpha value is -1.70. The van der Waals surface area contributed by atoms with Gasteiger partial charge in [-0.2, -0.15) is 4.31 Å². The van der Waals surface area contributed by atoms with Gasteiger partial charge in [-0.3, -0.25) is 4.79 Å². The molecule has 1 fully saturated rings. The largest absolute Gasteiger partial charge is 0.472 e. The summed E-state index contributed by atoms with van der Waals surface area (Å²) in [4.78, 5) is 13.6. The maximum absolute atomic E-state index is 13.6. The van der Waals surface area contributed by atoms with Crippen molar-refractivity contribution in [3.8, 4) is 0 Å². The summed E-state index contributed by atoms with van der Waals surface area (Å²) in [6.45, 7) is 10.6. The van der Waals surface area contributed by atoms with Crippen LogP contribution < -0.4 is 0 Å². The minimum atomic E-state index is -3.79. The maximum atomic E-state index is 13.6. The number of carbonyl (C=O) groups is 1. The number of hydrogen-bond donors (Lipinski definition) is 0. The molecule has 1 spiro atoms. The fourth-order valence-corrected chi connectivity index (χ4v) is 8.70. The zero-order valence-electron chi connectivity index (χ0n) is 17.1. The van der Waals surface area contributed by atoms with E-state index in [-0.39, 0.29) is 10.7 Å². The van der Waals surface area contributed by atoms with Gasteiger partial charge in [-0.1, -0.05) is 37.3 Å². The molecule has 4 rings (SSSR count). The molecular weight excluding hydrogens is 390 g/mol. The van der Waals surface area contributed by atoms with Crippen LogP contribution in [-0.4, -0.2) is 38.8 Å². The minimum absolute atomic E-state index is 0.0849. The van der Waals surface area contributed by atoms with Crippen LogP contribution in [0.15, 0.2) is 51.8 Å². The number of ketones is 1. The first-order valence-electron chi connectivity index (χ1n) is 9.73. The summed E-state index contributed by atoms with van der Waals surface area (Å²) in [5.74, 6) is 0.279. The van der Waals surface area contributed by atoms with E-state index >= 15 is 0 Å². The second-order valence-corrected chi connectivity index (χ2v) is 15.9. The van der Waals surface area contributed by atoms with Gasteiger partial charge in [0.2, 0.25) is 15.7 Å². The predicted molar refractivity (Wildman–Crippen MR) is 111 cm³/mol. The van der Waals surface area contributed by atoms with Crippen LogP contribution in [0.2, 0.25) is 19.6 Å². The first kappa shape index (κ1) is 19.6. The third-order valence-corrected chi connectivity index (χ3v) is 9.97.